The fraction of sp³-hybridized carbons (Fsp3) is 0.222. The van der Waals surface area contributed by atoms with E-state index < -0.39 is 26.1 Å². The fourth-order valence-electron chi connectivity index (χ4n) is 1.15. The molecule has 0 aliphatic rings. The second-order valence-electron chi connectivity index (χ2n) is 3.47. The first-order valence-electron chi connectivity index (χ1n) is 5.24. The van der Waals surface area contributed by atoms with Crippen LogP contribution in [-0.4, -0.2) is 29.5 Å². The Hall–Kier alpha value is -1.69. The average molecular weight is 323 g/mol. The number of primary sulfonamides is 1. The Balaban J connectivity index is 2.96. The van der Waals surface area contributed by atoms with Gasteiger partial charge in [-0.2, -0.15) is 0 Å². The minimum Gasteiger partial charge on any atom is -0.449 e. The molecular weight excluding hydrogens is 310 g/mol. The molecule has 0 spiro atoms. The summed E-state index contributed by atoms with van der Waals surface area (Å²) in [6, 6.07) is 4.36. The fourth-order valence-corrected chi connectivity index (χ4v) is 2.66. The number of amides is 1. The van der Waals surface area contributed by atoms with Crippen LogP contribution in [0, 0.1) is 0 Å². The summed E-state index contributed by atoms with van der Waals surface area (Å²) < 4.78 is 50.3. The number of nitrogens with two attached hydrogens (primary N) is 1. The number of rotatable bonds is 5. The summed E-state index contributed by atoms with van der Waals surface area (Å²) >= 11 is 0. The third-order valence-corrected chi connectivity index (χ3v) is 4.16. The van der Waals surface area contributed by atoms with Gasteiger partial charge in [-0.25, -0.2) is 32.2 Å². The monoisotopic (exact) mass is 323 g/mol. The van der Waals surface area contributed by atoms with Crippen molar-refractivity contribution in [2.24, 2.45) is 5.14 Å². The molecule has 0 atom stereocenters. The van der Waals surface area contributed by atoms with Crippen LogP contribution in [0.2, 0.25) is 0 Å². The van der Waals surface area contributed by atoms with Crippen molar-refractivity contribution >= 4 is 26.1 Å². The van der Waals surface area contributed by atoms with Gasteiger partial charge in [-0.15, -0.1) is 4.83 Å². The molecule has 1 rings (SSSR count). The quantitative estimate of drug-likeness (QED) is 0.609. The van der Waals surface area contributed by atoms with Gasteiger partial charge in [0, 0.05) is 0 Å². The molecule has 0 aliphatic carbocycles. The Kier molecular flexibility index (Phi) is 5.05. The van der Waals surface area contributed by atoms with Crippen molar-refractivity contribution in [2.45, 2.75) is 16.7 Å². The molecule has 9 nitrogen and oxygen atoms in total. The molecule has 1 amide bonds. The molecule has 0 saturated heterocycles. The van der Waals surface area contributed by atoms with Gasteiger partial charge in [-0.05, 0) is 25.1 Å². The van der Waals surface area contributed by atoms with Crippen LogP contribution in [0.1, 0.15) is 6.92 Å². The van der Waals surface area contributed by atoms with E-state index in [1.165, 1.54) is 6.07 Å². The first kappa shape index (κ1) is 16.4. The zero-order valence-electron chi connectivity index (χ0n) is 10.4. The van der Waals surface area contributed by atoms with E-state index in [-0.39, 0.29) is 16.4 Å². The number of hydrazine groups is 1. The van der Waals surface area contributed by atoms with Gasteiger partial charge in [-0.3, -0.25) is 0 Å². The van der Waals surface area contributed by atoms with E-state index in [1.54, 1.807) is 17.2 Å². The number of ether oxygens (including phenoxy) is 1. The first-order valence-corrected chi connectivity index (χ1v) is 8.27. The van der Waals surface area contributed by atoms with E-state index in [0.29, 0.717) is 0 Å². The van der Waals surface area contributed by atoms with Gasteiger partial charge in [-0.1, -0.05) is 6.07 Å². The molecule has 4 N–H and O–H groups in total. The zero-order chi connectivity index (χ0) is 15.4. The van der Waals surface area contributed by atoms with Crippen LogP contribution in [0.25, 0.3) is 0 Å². The highest BCUT2D eigenvalue weighted by atomic mass is 32.2. The predicted octanol–water partition coefficient (Wildman–Crippen LogP) is -0.727. The molecule has 1 aromatic rings. The topological polar surface area (TPSA) is 145 Å². The van der Waals surface area contributed by atoms with Crippen LogP contribution in [0.5, 0.6) is 0 Å². The van der Waals surface area contributed by atoms with Gasteiger partial charge >= 0.3 is 6.09 Å². The lowest BCUT2D eigenvalue weighted by Crippen LogP contribution is -2.41. The number of hydrogen-bond donors (Lipinski definition) is 3. The maximum Gasteiger partial charge on any atom is 0.422 e. The molecular formula is C9H13N3O6S2. The third-order valence-electron chi connectivity index (χ3n) is 2.01. The van der Waals surface area contributed by atoms with Gasteiger partial charge in [0.15, 0.2) is 0 Å². The Bertz CT molecular complexity index is 698. The van der Waals surface area contributed by atoms with Crippen molar-refractivity contribution in [2.75, 3.05) is 6.61 Å². The summed E-state index contributed by atoms with van der Waals surface area (Å²) in [6.07, 6.45) is -0.987. The summed E-state index contributed by atoms with van der Waals surface area (Å²) in [5.41, 5.74) is 1.80. The van der Waals surface area contributed by atoms with E-state index in [1.807, 2.05) is 0 Å². The molecule has 0 aromatic heterocycles. The average Bonchev–Trinajstić information content (AvgIpc) is 2.36. The summed E-state index contributed by atoms with van der Waals surface area (Å²) in [5, 5.41) is 4.90. The normalized spacial score (nSPS) is 11.9. The Labute approximate surface area is 116 Å². The van der Waals surface area contributed by atoms with Crippen LogP contribution in [0.3, 0.4) is 0 Å². The van der Waals surface area contributed by atoms with Crippen molar-refractivity contribution < 1.29 is 26.4 Å². The van der Waals surface area contributed by atoms with Crippen LogP contribution < -0.4 is 15.4 Å². The first-order chi connectivity index (χ1) is 9.16. The predicted molar refractivity (Wildman–Crippen MR) is 68.3 cm³/mol. The lowest BCUT2D eigenvalue weighted by Gasteiger charge is -2.08. The Morgan fingerprint density at radius 3 is 2.40 bits per heavy atom. The molecule has 0 unspecified atom stereocenters. The number of hydrogen-bond acceptors (Lipinski definition) is 6. The smallest absolute Gasteiger partial charge is 0.422 e. The Morgan fingerprint density at radius 2 is 1.85 bits per heavy atom. The highest BCUT2D eigenvalue weighted by molar-refractivity contribution is 7.90. The maximum absolute atomic E-state index is 11.8. The van der Waals surface area contributed by atoms with Crippen molar-refractivity contribution in [3.8, 4) is 0 Å². The highest BCUT2D eigenvalue weighted by Crippen LogP contribution is 2.13. The Morgan fingerprint density at radius 1 is 1.25 bits per heavy atom. The number of nitrogens with one attached hydrogen (secondary N) is 2. The second kappa shape index (κ2) is 6.17. The molecule has 0 fully saturated rings. The number of carbonyl (C=O) groups excluding carboxylic acids is 1. The largest absolute Gasteiger partial charge is 0.449 e. The van der Waals surface area contributed by atoms with Crippen molar-refractivity contribution in [1.82, 2.24) is 10.3 Å². The molecule has 1 aromatic carbocycles. The molecule has 112 valence electrons. The maximum atomic E-state index is 11.8. The molecule has 20 heavy (non-hydrogen) atoms. The molecule has 0 aliphatic heterocycles. The molecule has 11 heteroatoms. The summed E-state index contributed by atoms with van der Waals surface area (Å²) in [5.74, 6) is 0. The van der Waals surface area contributed by atoms with Crippen molar-refractivity contribution in [1.29, 1.82) is 0 Å². The standard InChI is InChI=1S/C9H13N3O6S2/c1-2-18-9(13)11-12-20(16,17)8-5-3-4-7(6-8)19(10,14)15/h3-6,12H,2H2,1H3,(H,11,13)(H2,10,14,15). The highest BCUT2D eigenvalue weighted by Gasteiger charge is 2.18. The second-order valence-corrected chi connectivity index (χ2v) is 6.71. The molecule has 0 saturated carbocycles. The molecule has 0 radical (unpaired) electrons. The number of sulfonamides is 2. The summed E-state index contributed by atoms with van der Waals surface area (Å²) in [7, 11) is -8.17. The van der Waals surface area contributed by atoms with Crippen molar-refractivity contribution in [3.05, 3.63) is 24.3 Å². The summed E-state index contributed by atoms with van der Waals surface area (Å²) in [6.45, 7) is 1.61. The van der Waals surface area contributed by atoms with E-state index in [9.17, 15) is 21.6 Å². The lowest BCUT2D eigenvalue weighted by atomic mass is 10.4. The lowest BCUT2D eigenvalue weighted by molar-refractivity contribution is 0.150. The van der Waals surface area contributed by atoms with Gasteiger partial charge in [0.25, 0.3) is 10.0 Å². The van der Waals surface area contributed by atoms with Gasteiger partial charge < -0.3 is 4.74 Å². The van der Waals surface area contributed by atoms with Crippen LogP contribution in [-0.2, 0) is 24.8 Å². The molecule has 0 heterocycles. The van der Waals surface area contributed by atoms with Gasteiger partial charge in [0.1, 0.15) is 0 Å². The SMILES string of the molecule is CCOC(=O)NNS(=O)(=O)c1cccc(S(N)(=O)=O)c1. The van der Waals surface area contributed by atoms with E-state index in [2.05, 4.69) is 4.74 Å². The van der Waals surface area contributed by atoms with E-state index >= 15 is 0 Å². The minimum atomic E-state index is -4.14. The van der Waals surface area contributed by atoms with Crippen LogP contribution >= 0.6 is 0 Å². The van der Waals surface area contributed by atoms with Gasteiger partial charge in [0.05, 0.1) is 16.4 Å². The van der Waals surface area contributed by atoms with Gasteiger partial charge in [0.2, 0.25) is 10.0 Å². The van der Waals surface area contributed by atoms with Crippen LogP contribution in [0.15, 0.2) is 34.1 Å². The summed E-state index contributed by atoms with van der Waals surface area (Å²) in [4.78, 5) is 12.0. The third kappa shape index (κ3) is 4.45. The zero-order valence-corrected chi connectivity index (χ0v) is 12.0. The van der Waals surface area contributed by atoms with E-state index in [0.717, 1.165) is 18.2 Å². The van der Waals surface area contributed by atoms with Crippen LogP contribution in [0.4, 0.5) is 4.79 Å². The molecule has 0 bridgehead atoms. The number of carbonyl (C=O) groups is 1. The minimum absolute atomic E-state index is 0.0640. The number of benzene rings is 1. The van der Waals surface area contributed by atoms with Crippen molar-refractivity contribution in [3.63, 3.8) is 0 Å². The van der Waals surface area contributed by atoms with E-state index in [4.69, 9.17) is 5.14 Å².